The van der Waals surface area contributed by atoms with Gasteiger partial charge in [-0.3, -0.25) is 4.79 Å². The fourth-order valence-corrected chi connectivity index (χ4v) is 3.90. The van der Waals surface area contributed by atoms with Gasteiger partial charge in [0.25, 0.3) is 5.91 Å². The van der Waals surface area contributed by atoms with Gasteiger partial charge in [-0.1, -0.05) is 20.3 Å². The highest BCUT2D eigenvalue weighted by molar-refractivity contribution is 7.89. The van der Waals surface area contributed by atoms with Crippen LogP contribution in [0.3, 0.4) is 0 Å². The first-order valence-electron chi connectivity index (χ1n) is 10.2. The summed E-state index contributed by atoms with van der Waals surface area (Å²) in [6.07, 6.45) is 1.73. The molecule has 0 aromatic heterocycles. The van der Waals surface area contributed by atoms with Crippen molar-refractivity contribution in [3.05, 3.63) is 53.6 Å². The van der Waals surface area contributed by atoms with E-state index in [4.69, 9.17) is 9.47 Å². The van der Waals surface area contributed by atoms with Gasteiger partial charge in [0.2, 0.25) is 10.0 Å². The largest absolute Gasteiger partial charge is 0.492 e. The Bertz CT molecular complexity index is 1000. The lowest BCUT2D eigenvalue weighted by Crippen LogP contribution is -2.24. The molecule has 0 radical (unpaired) electrons. The van der Waals surface area contributed by atoms with E-state index in [1.54, 1.807) is 38.1 Å². The molecule has 0 saturated heterocycles. The number of amides is 1. The van der Waals surface area contributed by atoms with Gasteiger partial charge >= 0.3 is 5.97 Å². The minimum atomic E-state index is -3.82. The van der Waals surface area contributed by atoms with Crippen LogP contribution in [0.4, 0.5) is 5.69 Å². The Kier molecular flexibility index (Phi) is 9.02. The molecule has 2 N–H and O–H groups in total. The van der Waals surface area contributed by atoms with Crippen LogP contribution in [0.15, 0.2) is 47.4 Å². The van der Waals surface area contributed by atoms with Crippen molar-refractivity contribution < 1.29 is 27.5 Å². The molecule has 0 unspecified atom stereocenters. The van der Waals surface area contributed by atoms with Crippen LogP contribution in [0.25, 0.3) is 0 Å². The van der Waals surface area contributed by atoms with Crippen molar-refractivity contribution in [2.45, 2.75) is 38.5 Å². The predicted octanol–water partition coefficient (Wildman–Crippen LogP) is 3.59. The number of nitrogens with one attached hydrogen (secondary N) is 2. The lowest BCUT2D eigenvalue weighted by molar-refractivity contribution is 0.0499. The molecule has 2 aromatic carbocycles. The van der Waals surface area contributed by atoms with E-state index in [9.17, 15) is 18.0 Å². The Balaban J connectivity index is 2.17. The molecule has 0 aliphatic rings. The number of carbonyl (C=O) groups excluding carboxylic acids is 2. The Morgan fingerprint density at radius 2 is 1.65 bits per heavy atom. The summed E-state index contributed by atoms with van der Waals surface area (Å²) in [5, 5.41) is 2.69. The monoisotopic (exact) mass is 448 g/mol. The van der Waals surface area contributed by atoms with Crippen LogP contribution in [0.2, 0.25) is 0 Å². The zero-order valence-electron chi connectivity index (χ0n) is 17.9. The molecule has 2 rings (SSSR count). The van der Waals surface area contributed by atoms with Crippen molar-refractivity contribution in [3.63, 3.8) is 0 Å². The summed E-state index contributed by atoms with van der Waals surface area (Å²) in [6, 6.07) is 10.5. The van der Waals surface area contributed by atoms with E-state index in [1.807, 2.05) is 6.92 Å². The van der Waals surface area contributed by atoms with Gasteiger partial charge in [0, 0.05) is 17.8 Å². The van der Waals surface area contributed by atoms with Crippen molar-refractivity contribution in [3.8, 4) is 5.75 Å². The smallest absolute Gasteiger partial charge is 0.338 e. The average Bonchev–Trinajstić information content (AvgIpc) is 2.74. The van der Waals surface area contributed by atoms with Gasteiger partial charge in [-0.2, -0.15) is 0 Å². The number of unbranched alkanes of at least 4 members (excludes halogenated alkanes) is 1. The van der Waals surface area contributed by atoms with E-state index >= 15 is 0 Å². The van der Waals surface area contributed by atoms with E-state index in [1.165, 1.54) is 18.2 Å². The molecule has 31 heavy (non-hydrogen) atoms. The third-order valence-electron chi connectivity index (χ3n) is 4.24. The number of anilines is 1. The number of sulfonamides is 1. The van der Waals surface area contributed by atoms with Gasteiger partial charge < -0.3 is 14.8 Å². The van der Waals surface area contributed by atoms with Crippen LogP contribution in [-0.2, 0) is 14.8 Å². The molecule has 0 spiro atoms. The molecular weight excluding hydrogens is 420 g/mol. The van der Waals surface area contributed by atoms with E-state index in [0.29, 0.717) is 17.9 Å². The van der Waals surface area contributed by atoms with Gasteiger partial charge in [-0.25, -0.2) is 17.9 Å². The minimum Gasteiger partial charge on any atom is -0.492 e. The molecule has 8 nitrogen and oxygen atoms in total. The van der Waals surface area contributed by atoms with Gasteiger partial charge in [-0.15, -0.1) is 0 Å². The first-order chi connectivity index (χ1) is 14.8. The van der Waals surface area contributed by atoms with E-state index < -0.39 is 21.9 Å². The highest BCUT2D eigenvalue weighted by Gasteiger charge is 2.21. The lowest BCUT2D eigenvalue weighted by atomic mass is 10.1. The fraction of sp³-hybridized carbons (Fsp3) is 0.364. The number of rotatable bonds is 11. The Labute approximate surface area is 183 Å². The zero-order chi connectivity index (χ0) is 22.9. The van der Waals surface area contributed by atoms with Gasteiger partial charge in [0.1, 0.15) is 10.6 Å². The Morgan fingerprint density at radius 3 is 2.26 bits per heavy atom. The molecular formula is C22H28N2O6S. The first kappa shape index (κ1) is 24.4. The molecule has 0 saturated carbocycles. The van der Waals surface area contributed by atoms with Crippen LogP contribution in [0, 0.1) is 0 Å². The van der Waals surface area contributed by atoms with Crippen molar-refractivity contribution >= 4 is 27.6 Å². The van der Waals surface area contributed by atoms with Crippen molar-refractivity contribution in [2.24, 2.45) is 0 Å². The van der Waals surface area contributed by atoms with Gasteiger partial charge in [0.15, 0.2) is 0 Å². The van der Waals surface area contributed by atoms with Crippen molar-refractivity contribution in [1.82, 2.24) is 4.72 Å². The lowest BCUT2D eigenvalue weighted by Gasteiger charge is -2.13. The molecule has 0 aliphatic heterocycles. The molecule has 0 bridgehead atoms. The number of ether oxygens (including phenoxy) is 2. The summed E-state index contributed by atoms with van der Waals surface area (Å²) in [5.74, 6) is -0.740. The molecule has 9 heteroatoms. The van der Waals surface area contributed by atoms with E-state index in [2.05, 4.69) is 10.0 Å². The van der Waals surface area contributed by atoms with E-state index in [0.717, 1.165) is 12.8 Å². The fourth-order valence-electron chi connectivity index (χ4n) is 2.69. The second kappa shape index (κ2) is 11.5. The molecule has 2 aromatic rings. The van der Waals surface area contributed by atoms with Crippen molar-refractivity contribution in [1.29, 1.82) is 0 Å². The van der Waals surface area contributed by atoms with Gasteiger partial charge in [0.05, 0.1) is 18.8 Å². The Hall–Kier alpha value is -2.91. The number of hydrogen-bond acceptors (Lipinski definition) is 6. The second-order valence-electron chi connectivity index (χ2n) is 6.62. The predicted molar refractivity (Wildman–Crippen MR) is 118 cm³/mol. The summed E-state index contributed by atoms with van der Waals surface area (Å²) in [7, 11) is -3.82. The summed E-state index contributed by atoms with van der Waals surface area (Å²) in [4.78, 5) is 24.5. The normalized spacial score (nSPS) is 11.1. The summed E-state index contributed by atoms with van der Waals surface area (Å²) in [6.45, 7) is 6.27. The zero-order valence-corrected chi connectivity index (χ0v) is 18.8. The molecule has 1 amide bonds. The molecule has 0 fully saturated rings. The van der Waals surface area contributed by atoms with Crippen LogP contribution in [-0.4, -0.2) is 40.1 Å². The summed E-state index contributed by atoms with van der Waals surface area (Å²) in [5.41, 5.74) is 0.997. The van der Waals surface area contributed by atoms with Crippen molar-refractivity contribution in [2.75, 3.05) is 25.1 Å². The molecule has 0 atom stereocenters. The highest BCUT2D eigenvalue weighted by atomic mass is 32.2. The maximum absolute atomic E-state index is 12.7. The maximum Gasteiger partial charge on any atom is 0.338 e. The van der Waals surface area contributed by atoms with Gasteiger partial charge in [-0.05, 0) is 55.8 Å². The van der Waals surface area contributed by atoms with Crippen LogP contribution in [0.1, 0.15) is 54.3 Å². The minimum absolute atomic E-state index is 0.103. The SMILES string of the molecule is CCCCOC(=O)c1ccc(NC(=O)c2ccc(OCC)c(S(=O)(=O)NCC)c2)cc1. The third kappa shape index (κ3) is 6.80. The third-order valence-corrected chi connectivity index (χ3v) is 5.81. The second-order valence-corrected chi connectivity index (χ2v) is 8.35. The number of esters is 1. The maximum atomic E-state index is 12.7. The molecule has 0 heterocycles. The number of carbonyl (C=O) groups is 2. The number of benzene rings is 2. The topological polar surface area (TPSA) is 111 Å². The average molecular weight is 449 g/mol. The van der Waals surface area contributed by atoms with E-state index in [-0.39, 0.29) is 29.4 Å². The highest BCUT2D eigenvalue weighted by Crippen LogP contribution is 2.26. The molecule has 0 aliphatic carbocycles. The summed E-state index contributed by atoms with van der Waals surface area (Å²) >= 11 is 0. The standard InChI is InChI=1S/C22H28N2O6S/c1-4-7-14-30-22(26)16-8-11-18(12-9-16)24-21(25)17-10-13-19(29-6-3)20(15-17)31(27,28)23-5-2/h8-13,15,23H,4-7,14H2,1-3H3,(H,24,25). The molecule has 168 valence electrons. The number of hydrogen-bond donors (Lipinski definition) is 2. The van der Waals surface area contributed by atoms with Crippen LogP contribution in [0.5, 0.6) is 5.75 Å². The summed E-state index contributed by atoms with van der Waals surface area (Å²) < 4.78 is 37.9. The first-order valence-corrected chi connectivity index (χ1v) is 11.7. The van der Waals surface area contributed by atoms with Crippen LogP contribution >= 0.6 is 0 Å². The Morgan fingerprint density at radius 1 is 0.968 bits per heavy atom. The van der Waals surface area contributed by atoms with Crippen LogP contribution < -0.4 is 14.8 Å². The quantitative estimate of drug-likeness (QED) is 0.401.